The maximum absolute atomic E-state index is 15.3. The number of carbonyl (C=O) groups excluding carboxylic acids is 1. The van der Waals surface area contributed by atoms with Gasteiger partial charge < -0.3 is 30.2 Å². The van der Waals surface area contributed by atoms with Crippen molar-refractivity contribution in [1.29, 1.82) is 0 Å². The van der Waals surface area contributed by atoms with Crippen LogP contribution >= 0.6 is 18.7 Å². The molecule has 1 spiro atoms. The maximum atomic E-state index is 15.3. The molecule has 2 aromatic carbocycles. The second-order valence-electron chi connectivity index (χ2n) is 12.9. The molecule has 5 rings (SSSR count). The van der Waals surface area contributed by atoms with Gasteiger partial charge in [0.15, 0.2) is 5.82 Å². The lowest BCUT2D eigenvalue weighted by molar-refractivity contribution is 0.0234. The molecule has 43 heavy (non-hydrogen) atoms. The molecule has 2 aliphatic rings. The highest BCUT2D eigenvalue weighted by Gasteiger charge is 2.46. The fraction of sp³-hybridized carbons (Fsp3) is 0.452. The van der Waals surface area contributed by atoms with Crippen molar-refractivity contribution in [2.24, 2.45) is 5.41 Å². The van der Waals surface area contributed by atoms with Crippen molar-refractivity contribution in [2.45, 2.75) is 58.1 Å². The Hall–Kier alpha value is -3.36. The number of anilines is 5. The van der Waals surface area contributed by atoms with Gasteiger partial charge >= 0.3 is 6.09 Å². The van der Waals surface area contributed by atoms with Crippen molar-refractivity contribution < 1.29 is 18.5 Å². The zero-order valence-corrected chi connectivity index (χ0v) is 26.9. The van der Waals surface area contributed by atoms with E-state index in [4.69, 9.17) is 16.3 Å². The van der Waals surface area contributed by atoms with E-state index >= 15 is 4.39 Å². The van der Waals surface area contributed by atoms with Gasteiger partial charge in [0.2, 0.25) is 5.95 Å². The third kappa shape index (κ3) is 7.60. The second-order valence-corrected chi connectivity index (χ2v) is 16.5. The van der Waals surface area contributed by atoms with Gasteiger partial charge in [-0.05, 0) is 95.5 Å². The fourth-order valence-corrected chi connectivity index (χ4v) is 7.15. The highest BCUT2D eigenvalue weighted by molar-refractivity contribution is 7.70. The van der Waals surface area contributed by atoms with Crippen molar-refractivity contribution in [1.82, 2.24) is 15.3 Å². The lowest BCUT2D eigenvalue weighted by Gasteiger charge is -2.52. The van der Waals surface area contributed by atoms with Crippen LogP contribution in [0.4, 0.5) is 38.0 Å². The quantitative estimate of drug-likeness (QED) is 0.234. The lowest BCUT2D eigenvalue weighted by atomic mass is 9.60. The third-order valence-electron chi connectivity index (χ3n) is 7.93. The molecule has 3 N–H and O–H groups in total. The summed E-state index contributed by atoms with van der Waals surface area (Å²) in [5.74, 6) is 0.257. The van der Waals surface area contributed by atoms with Crippen molar-refractivity contribution in [3.63, 3.8) is 0 Å². The Kier molecular flexibility index (Phi) is 8.65. The number of hydrogen-bond donors (Lipinski definition) is 3. The Morgan fingerprint density at radius 3 is 2.47 bits per heavy atom. The van der Waals surface area contributed by atoms with Gasteiger partial charge in [-0.2, -0.15) is 4.98 Å². The van der Waals surface area contributed by atoms with E-state index < -0.39 is 12.7 Å². The molecule has 9 nitrogen and oxygen atoms in total. The van der Waals surface area contributed by atoms with E-state index in [1.165, 1.54) is 12.3 Å². The molecule has 2 heterocycles. The number of nitrogens with one attached hydrogen (secondary N) is 3. The molecule has 0 radical (unpaired) electrons. The number of alkyl carbamates (subject to hydrolysis) is 1. The minimum absolute atomic E-state index is 0.129. The minimum Gasteiger partial charge on any atom is -0.444 e. The van der Waals surface area contributed by atoms with Crippen molar-refractivity contribution in [2.75, 3.05) is 42.0 Å². The predicted molar refractivity (Wildman–Crippen MR) is 172 cm³/mol. The monoisotopic (exact) mass is 628 g/mol. The molecule has 1 aliphatic carbocycles. The summed E-state index contributed by atoms with van der Waals surface area (Å²) in [6.07, 6.45) is 4.83. The first kappa shape index (κ1) is 31.1. The molecule has 0 atom stereocenters. The van der Waals surface area contributed by atoms with Crippen LogP contribution in [0.25, 0.3) is 0 Å². The van der Waals surface area contributed by atoms with Crippen molar-refractivity contribution in [3.8, 4) is 0 Å². The Balaban J connectivity index is 1.18. The minimum atomic E-state index is -2.55. The SMILES string of the molecule is CC(C)(C)OC(=O)NC1CC2(CCN(c3ccc(Nc4ncc(Cl)c(Nc5ccccc5P(C)(C)=O)n4)cc3F)CC2)C1. The number of para-hydroxylation sites is 1. The molecule has 1 amide bonds. The second kappa shape index (κ2) is 12.0. The van der Waals surface area contributed by atoms with E-state index in [1.54, 1.807) is 25.5 Å². The molecule has 0 unspecified atom stereocenters. The first-order valence-corrected chi connectivity index (χ1v) is 17.4. The summed E-state index contributed by atoms with van der Waals surface area (Å²) >= 11 is 6.36. The summed E-state index contributed by atoms with van der Waals surface area (Å²) in [5.41, 5.74) is 1.39. The van der Waals surface area contributed by atoms with Crippen LogP contribution in [-0.2, 0) is 9.30 Å². The van der Waals surface area contributed by atoms with Crippen LogP contribution in [0.5, 0.6) is 0 Å². The number of amides is 1. The molecule has 230 valence electrons. The van der Waals surface area contributed by atoms with E-state index in [1.807, 2.05) is 45.0 Å². The topological polar surface area (TPSA) is 108 Å². The summed E-state index contributed by atoms with van der Waals surface area (Å²) in [6.45, 7) is 10.5. The first-order chi connectivity index (χ1) is 20.2. The molecular weight excluding hydrogens is 590 g/mol. The molecular formula is C31H39ClFN6O3P. The Morgan fingerprint density at radius 2 is 1.81 bits per heavy atom. The first-order valence-electron chi connectivity index (χ1n) is 14.4. The van der Waals surface area contributed by atoms with Crippen LogP contribution in [0.1, 0.15) is 46.5 Å². The summed E-state index contributed by atoms with van der Waals surface area (Å²) in [6, 6.07) is 12.5. The highest BCUT2D eigenvalue weighted by atomic mass is 35.5. The number of hydrogen-bond acceptors (Lipinski definition) is 8. The van der Waals surface area contributed by atoms with Crippen LogP contribution in [0, 0.1) is 11.2 Å². The zero-order chi connectivity index (χ0) is 31.0. The van der Waals surface area contributed by atoms with Gasteiger partial charge in [0.05, 0.1) is 17.6 Å². The number of rotatable bonds is 7. The van der Waals surface area contributed by atoms with Gasteiger partial charge in [-0.1, -0.05) is 23.7 Å². The van der Waals surface area contributed by atoms with Gasteiger partial charge in [-0.3, -0.25) is 0 Å². The van der Waals surface area contributed by atoms with Crippen molar-refractivity contribution in [3.05, 3.63) is 59.5 Å². The van der Waals surface area contributed by atoms with Crippen molar-refractivity contribution >= 4 is 59.0 Å². The molecule has 1 saturated heterocycles. The molecule has 2 fully saturated rings. The summed E-state index contributed by atoms with van der Waals surface area (Å²) < 4.78 is 33.4. The standard InChI is InChI=1S/C31H39ClFN6O3P/c1-30(2,3)42-29(40)36-21-17-31(18-21)12-14-39(15-13-31)25-11-10-20(16-23(25)33)35-28-34-19-22(32)27(38-28)37-24-8-6-7-9-26(24)43(4,5)41/h6-11,16,19,21H,12-15,17-18H2,1-5H3,(H,36,40)(H2,34,35,37,38). The molecule has 1 saturated carbocycles. The van der Waals surface area contributed by atoms with E-state index in [-0.39, 0.29) is 29.3 Å². The summed E-state index contributed by atoms with van der Waals surface area (Å²) in [4.78, 5) is 22.9. The Labute approximate surface area is 257 Å². The van der Waals surface area contributed by atoms with Gasteiger partial charge in [-0.25, -0.2) is 14.2 Å². The maximum Gasteiger partial charge on any atom is 0.407 e. The number of piperidine rings is 1. The molecule has 1 aliphatic heterocycles. The van der Waals surface area contributed by atoms with Crippen LogP contribution in [0.2, 0.25) is 5.02 Å². The number of ether oxygens (including phenoxy) is 1. The third-order valence-corrected chi connectivity index (χ3v) is 9.76. The molecule has 1 aromatic heterocycles. The number of carbonyl (C=O) groups is 1. The van der Waals surface area contributed by atoms with Crippen LogP contribution < -0.4 is 26.2 Å². The number of benzene rings is 2. The van der Waals surface area contributed by atoms with Gasteiger partial charge in [0.25, 0.3) is 0 Å². The average molecular weight is 629 g/mol. The van der Waals surface area contributed by atoms with Crippen LogP contribution in [-0.4, -0.2) is 54.1 Å². The van der Waals surface area contributed by atoms with Crippen LogP contribution in [0.3, 0.4) is 0 Å². The largest absolute Gasteiger partial charge is 0.444 e. The normalized spacial score (nSPS) is 16.9. The number of nitrogens with zero attached hydrogens (tertiary/aromatic N) is 3. The van der Waals surface area contributed by atoms with Crippen LogP contribution in [0.15, 0.2) is 48.7 Å². The molecule has 12 heteroatoms. The molecule has 0 bridgehead atoms. The fourth-order valence-electron chi connectivity index (χ4n) is 5.85. The van der Waals surface area contributed by atoms with E-state index in [2.05, 4.69) is 30.8 Å². The predicted octanol–water partition coefficient (Wildman–Crippen LogP) is 7.28. The highest BCUT2D eigenvalue weighted by Crippen LogP contribution is 2.50. The zero-order valence-electron chi connectivity index (χ0n) is 25.2. The molecule has 3 aromatic rings. The average Bonchev–Trinajstić information content (AvgIpc) is 2.89. The van der Waals surface area contributed by atoms with E-state index in [0.29, 0.717) is 33.2 Å². The summed E-state index contributed by atoms with van der Waals surface area (Å²) in [5, 5.41) is 10.2. The smallest absolute Gasteiger partial charge is 0.407 e. The Morgan fingerprint density at radius 1 is 1.12 bits per heavy atom. The van der Waals surface area contributed by atoms with Gasteiger partial charge in [-0.15, -0.1) is 0 Å². The Bertz CT molecular complexity index is 1540. The number of halogens is 2. The van der Waals surface area contributed by atoms with E-state index in [0.717, 1.165) is 38.8 Å². The number of aromatic nitrogens is 2. The van der Waals surface area contributed by atoms with E-state index in [9.17, 15) is 9.36 Å². The lowest BCUT2D eigenvalue weighted by Crippen LogP contribution is -2.55. The summed E-state index contributed by atoms with van der Waals surface area (Å²) in [7, 11) is -2.55. The van der Waals surface area contributed by atoms with Gasteiger partial charge in [0, 0.05) is 30.1 Å². The van der Waals surface area contributed by atoms with Gasteiger partial charge in [0.1, 0.15) is 23.6 Å².